The normalized spacial score (nSPS) is 15.1. The van der Waals surface area contributed by atoms with Crippen LogP contribution in [0.4, 0.5) is 24.8 Å². The number of likely N-dealkylation sites (N-methyl/N-ethyl adjacent to an activating group) is 1. The number of rotatable bonds is 7. The van der Waals surface area contributed by atoms with E-state index in [-0.39, 0.29) is 23.5 Å². The molecule has 0 radical (unpaired) electrons. The molecule has 1 aliphatic heterocycles. The maximum absolute atomic E-state index is 13.9. The number of carbonyl (C=O) groups is 1. The highest BCUT2D eigenvalue weighted by Crippen LogP contribution is 2.33. The summed E-state index contributed by atoms with van der Waals surface area (Å²) in [5, 5.41) is 2.56. The van der Waals surface area contributed by atoms with E-state index >= 15 is 0 Å². The van der Waals surface area contributed by atoms with Gasteiger partial charge in [-0.25, -0.2) is 14.2 Å². The summed E-state index contributed by atoms with van der Waals surface area (Å²) in [6.45, 7) is 6.17. The second-order valence-electron chi connectivity index (χ2n) is 9.20. The lowest BCUT2D eigenvalue weighted by atomic mass is 10.0. The lowest BCUT2D eigenvalue weighted by Gasteiger charge is -2.34. The maximum Gasteiger partial charge on any atom is 0.416 e. The summed E-state index contributed by atoms with van der Waals surface area (Å²) in [6.07, 6.45) is -0.125. The molecule has 0 spiro atoms. The van der Waals surface area contributed by atoms with Crippen molar-refractivity contribution >= 4 is 28.5 Å². The van der Waals surface area contributed by atoms with Gasteiger partial charge in [-0.2, -0.15) is 13.2 Å². The maximum atomic E-state index is 13.9. The third kappa shape index (κ3) is 8.11. The summed E-state index contributed by atoms with van der Waals surface area (Å²) >= 11 is 0. The number of alkyl halides is 3. The van der Waals surface area contributed by atoms with Crippen LogP contribution in [0.3, 0.4) is 0 Å². The molecule has 8 nitrogen and oxygen atoms in total. The van der Waals surface area contributed by atoms with E-state index in [0.29, 0.717) is 30.0 Å². The summed E-state index contributed by atoms with van der Waals surface area (Å²) in [5.74, 6) is 5.78. The SMILES string of the molecule is CCN1CCN(Cc2ccc(C(=O)Nc3cc(C#Cc4ccc(NS(C)=O)nc4)ccn3)cc2C(F)(F)F)CC1. The van der Waals surface area contributed by atoms with Crippen molar-refractivity contribution < 1.29 is 22.2 Å². The topological polar surface area (TPSA) is 90.5 Å². The average Bonchev–Trinajstić information content (AvgIpc) is 2.92. The fraction of sp³-hybridized carbons (Fsp3) is 0.321. The van der Waals surface area contributed by atoms with Crippen molar-refractivity contribution in [3.05, 3.63) is 82.7 Å². The molecule has 2 N–H and O–H groups in total. The molecular weight excluding hydrogens is 541 g/mol. The Balaban J connectivity index is 1.45. The molecule has 4 rings (SSSR count). The predicted octanol–water partition coefficient (Wildman–Crippen LogP) is 3.99. The van der Waals surface area contributed by atoms with Crippen LogP contribution in [0.1, 0.15) is 39.5 Å². The molecular formula is C28H29F3N6O2S. The molecule has 40 heavy (non-hydrogen) atoms. The number of nitrogens with zero attached hydrogens (tertiary/aromatic N) is 4. The number of hydrogen-bond acceptors (Lipinski definition) is 6. The van der Waals surface area contributed by atoms with Crippen molar-refractivity contribution in [3.8, 4) is 11.8 Å². The zero-order valence-corrected chi connectivity index (χ0v) is 22.9. The highest BCUT2D eigenvalue weighted by Gasteiger charge is 2.34. The first kappa shape index (κ1) is 29.2. The van der Waals surface area contributed by atoms with E-state index in [2.05, 4.69) is 43.7 Å². The van der Waals surface area contributed by atoms with Gasteiger partial charge in [0.25, 0.3) is 5.91 Å². The Bertz CT molecular complexity index is 1430. The molecule has 0 aliphatic carbocycles. The van der Waals surface area contributed by atoms with Gasteiger partial charge < -0.3 is 10.2 Å². The number of pyridine rings is 2. The van der Waals surface area contributed by atoms with Crippen molar-refractivity contribution in [2.75, 3.05) is 49.0 Å². The first-order valence-electron chi connectivity index (χ1n) is 12.6. The van der Waals surface area contributed by atoms with Crippen LogP contribution in [0.15, 0.2) is 54.9 Å². The van der Waals surface area contributed by atoms with E-state index in [4.69, 9.17) is 0 Å². The Morgan fingerprint density at radius 1 is 0.975 bits per heavy atom. The van der Waals surface area contributed by atoms with Crippen LogP contribution < -0.4 is 10.0 Å². The number of amides is 1. The lowest BCUT2D eigenvalue weighted by molar-refractivity contribution is -0.138. The smallest absolute Gasteiger partial charge is 0.307 e. The standard InChI is InChI=1S/C28H29F3N6O2S/c1-3-36-12-14-37(15-13-36)19-23-8-7-22(17-24(23)28(29,30)31)27(38)34-26-16-20(10-11-32-26)4-5-21-6-9-25(33-18-21)35-40(2)39/h6-11,16-18H,3,12-15,19H2,1-2H3,(H,33,35)(H,32,34,38). The van der Waals surface area contributed by atoms with Crippen molar-refractivity contribution in [2.45, 2.75) is 19.6 Å². The summed E-state index contributed by atoms with van der Waals surface area (Å²) in [5.41, 5.74) is 0.368. The number of piperazine rings is 1. The summed E-state index contributed by atoms with van der Waals surface area (Å²) in [7, 11) is -1.24. The van der Waals surface area contributed by atoms with E-state index < -0.39 is 28.6 Å². The third-order valence-corrected chi connectivity index (χ3v) is 6.84. The van der Waals surface area contributed by atoms with Gasteiger partial charge in [0.2, 0.25) is 0 Å². The minimum atomic E-state index is -4.60. The highest BCUT2D eigenvalue weighted by atomic mass is 32.2. The molecule has 3 aromatic rings. The van der Waals surface area contributed by atoms with Gasteiger partial charge in [-0.3, -0.25) is 14.4 Å². The zero-order valence-electron chi connectivity index (χ0n) is 22.1. The van der Waals surface area contributed by atoms with Gasteiger partial charge in [-0.1, -0.05) is 24.8 Å². The molecule has 1 fully saturated rings. The highest BCUT2D eigenvalue weighted by molar-refractivity contribution is 7.85. The quantitative estimate of drug-likeness (QED) is 0.418. The van der Waals surface area contributed by atoms with E-state index in [9.17, 15) is 22.2 Å². The first-order chi connectivity index (χ1) is 19.1. The molecule has 1 unspecified atom stereocenters. The van der Waals surface area contributed by atoms with Gasteiger partial charge in [0.05, 0.1) is 5.56 Å². The molecule has 1 aromatic carbocycles. The molecule has 3 heterocycles. The van der Waals surface area contributed by atoms with E-state index in [1.54, 1.807) is 18.2 Å². The minimum Gasteiger partial charge on any atom is -0.307 e. The van der Waals surface area contributed by atoms with Crippen LogP contribution in [-0.2, 0) is 23.7 Å². The number of hydrogen-bond donors (Lipinski definition) is 2. The predicted molar refractivity (Wildman–Crippen MR) is 149 cm³/mol. The van der Waals surface area contributed by atoms with Gasteiger partial charge in [0, 0.05) is 68.1 Å². The van der Waals surface area contributed by atoms with E-state index in [0.717, 1.165) is 25.7 Å². The van der Waals surface area contributed by atoms with Gasteiger partial charge in [-0.15, -0.1) is 0 Å². The Labute approximate surface area is 233 Å². The Hall–Kier alpha value is -3.79. The zero-order chi connectivity index (χ0) is 28.7. The number of benzene rings is 1. The van der Waals surface area contributed by atoms with Gasteiger partial charge in [-0.05, 0) is 48.5 Å². The number of nitrogens with one attached hydrogen (secondary N) is 2. The van der Waals surface area contributed by atoms with Crippen molar-refractivity contribution in [1.29, 1.82) is 0 Å². The Morgan fingerprint density at radius 3 is 2.35 bits per heavy atom. The summed E-state index contributed by atoms with van der Waals surface area (Å²) in [4.78, 5) is 25.3. The molecule has 0 bridgehead atoms. The average molecular weight is 571 g/mol. The van der Waals surface area contributed by atoms with Crippen molar-refractivity contribution in [2.24, 2.45) is 0 Å². The van der Waals surface area contributed by atoms with Crippen LogP contribution in [0.5, 0.6) is 0 Å². The Kier molecular flexibility index (Phi) is 9.52. The van der Waals surface area contributed by atoms with E-state index in [1.165, 1.54) is 36.8 Å². The molecule has 12 heteroatoms. The first-order valence-corrected chi connectivity index (χ1v) is 14.2. The second kappa shape index (κ2) is 13.0. The van der Waals surface area contributed by atoms with Gasteiger partial charge in [0.1, 0.15) is 22.6 Å². The molecule has 0 saturated carbocycles. The van der Waals surface area contributed by atoms with Crippen LogP contribution in [0, 0.1) is 11.8 Å². The fourth-order valence-electron chi connectivity index (χ4n) is 4.21. The molecule has 210 valence electrons. The number of halogens is 3. The van der Waals surface area contributed by atoms with Crippen LogP contribution in [-0.4, -0.2) is 68.9 Å². The number of carbonyl (C=O) groups excluding carboxylic acids is 1. The number of aromatic nitrogens is 2. The van der Waals surface area contributed by atoms with Gasteiger partial charge in [0.15, 0.2) is 0 Å². The lowest BCUT2D eigenvalue weighted by Crippen LogP contribution is -2.45. The molecule has 1 saturated heterocycles. The Morgan fingerprint density at radius 2 is 1.70 bits per heavy atom. The third-order valence-electron chi connectivity index (χ3n) is 6.35. The summed E-state index contributed by atoms with van der Waals surface area (Å²) < 4.78 is 55.7. The molecule has 2 aromatic heterocycles. The largest absolute Gasteiger partial charge is 0.416 e. The molecule has 1 atom stereocenters. The van der Waals surface area contributed by atoms with Crippen LogP contribution >= 0.6 is 0 Å². The van der Waals surface area contributed by atoms with Crippen LogP contribution in [0.25, 0.3) is 0 Å². The number of anilines is 2. The van der Waals surface area contributed by atoms with Crippen molar-refractivity contribution in [1.82, 2.24) is 19.8 Å². The molecule has 1 aliphatic rings. The minimum absolute atomic E-state index is 0.113. The fourth-order valence-corrected chi connectivity index (χ4v) is 4.62. The molecule has 1 amide bonds. The van der Waals surface area contributed by atoms with E-state index in [1.807, 2.05) is 4.90 Å². The van der Waals surface area contributed by atoms with Crippen molar-refractivity contribution in [3.63, 3.8) is 0 Å². The monoisotopic (exact) mass is 570 g/mol. The second-order valence-corrected chi connectivity index (χ2v) is 10.3. The summed E-state index contributed by atoms with van der Waals surface area (Å²) in [6, 6.07) is 10.2. The van der Waals surface area contributed by atoms with Gasteiger partial charge >= 0.3 is 6.18 Å². The van der Waals surface area contributed by atoms with Crippen LogP contribution in [0.2, 0.25) is 0 Å².